The van der Waals surface area contributed by atoms with Gasteiger partial charge in [0.25, 0.3) is 7.82 Å². The van der Waals surface area contributed by atoms with Crippen molar-refractivity contribution in [2.75, 3.05) is 40.9 Å². The number of rotatable bonds is 42. The molecule has 0 radical (unpaired) electrons. The molecule has 0 bridgehead atoms. The molecule has 0 aromatic heterocycles. The molecule has 1 amide bonds. The number of amides is 1. The first-order valence-corrected chi connectivity index (χ1v) is 25.7. The van der Waals surface area contributed by atoms with E-state index in [9.17, 15) is 19.4 Å². The van der Waals surface area contributed by atoms with E-state index in [1.807, 2.05) is 21.1 Å². The Hall–Kier alpha value is -2.84. The average Bonchev–Trinajstić information content (AvgIpc) is 3.23. The van der Waals surface area contributed by atoms with E-state index in [1.54, 1.807) is 0 Å². The lowest BCUT2D eigenvalue weighted by molar-refractivity contribution is -0.870. The topological polar surface area (TPSA) is 108 Å². The third-order valence-corrected chi connectivity index (χ3v) is 11.0. The second-order valence-electron chi connectivity index (χ2n) is 17.1. The number of aliphatic hydroxyl groups is 1. The molecule has 0 saturated heterocycles. The van der Waals surface area contributed by atoms with Crippen molar-refractivity contribution in [3.05, 3.63) is 109 Å². The van der Waals surface area contributed by atoms with Crippen molar-refractivity contribution in [2.24, 2.45) is 0 Å². The second kappa shape index (κ2) is 43.4. The minimum Gasteiger partial charge on any atom is -0.756 e. The Morgan fingerprint density at radius 2 is 0.984 bits per heavy atom. The normalized spacial score (nSPS) is 15.1. The first-order chi connectivity index (χ1) is 30.0. The SMILES string of the molecule is CC/C=C\C/C=C\C/C=C\C/C=C\C/C=C\C/C=C\C/C=C\C/C=C\C/C=C\CCCCCCCCCC(=O)NC(COP(=O)([O-])OCC[N+](C)(C)C)C(O)CCCCCCC. The van der Waals surface area contributed by atoms with Crippen molar-refractivity contribution < 1.29 is 32.9 Å². The lowest BCUT2D eigenvalue weighted by atomic mass is 10.0. The lowest BCUT2D eigenvalue weighted by Gasteiger charge is -2.30. The minimum atomic E-state index is -4.56. The van der Waals surface area contributed by atoms with Gasteiger partial charge in [-0.1, -0.05) is 187 Å². The number of phosphoric acid groups is 1. The molecule has 2 N–H and O–H groups in total. The van der Waals surface area contributed by atoms with Crippen molar-refractivity contribution in [2.45, 2.75) is 180 Å². The van der Waals surface area contributed by atoms with Crippen LogP contribution in [-0.4, -0.2) is 68.5 Å². The van der Waals surface area contributed by atoms with E-state index in [-0.39, 0.29) is 19.1 Å². The lowest BCUT2D eigenvalue weighted by Crippen LogP contribution is -2.46. The van der Waals surface area contributed by atoms with Crippen molar-refractivity contribution in [3.8, 4) is 0 Å². The summed E-state index contributed by atoms with van der Waals surface area (Å²) >= 11 is 0. The van der Waals surface area contributed by atoms with Crippen LogP contribution in [0.2, 0.25) is 0 Å². The molecule has 354 valence electrons. The van der Waals surface area contributed by atoms with Crippen LogP contribution in [0.3, 0.4) is 0 Å². The van der Waals surface area contributed by atoms with Crippen molar-refractivity contribution in [1.82, 2.24) is 5.32 Å². The smallest absolute Gasteiger partial charge is 0.268 e. The van der Waals surface area contributed by atoms with Crippen molar-refractivity contribution in [1.29, 1.82) is 0 Å². The quantitative estimate of drug-likeness (QED) is 0.0274. The number of hydrogen-bond acceptors (Lipinski definition) is 6. The van der Waals surface area contributed by atoms with Crippen LogP contribution in [-0.2, 0) is 18.4 Å². The average molecular weight is 883 g/mol. The third-order valence-electron chi connectivity index (χ3n) is 10.0. The zero-order valence-corrected chi connectivity index (χ0v) is 40.9. The number of hydrogen-bond donors (Lipinski definition) is 2. The summed E-state index contributed by atoms with van der Waals surface area (Å²) < 4.78 is 23.1. The molecule has 0 heterocycles. The Kier molecular flexibility index (Phi) is 41.4. The van der Waals surface area contributed by atoms with E-state index in [0.717, 1.165) is 122 Å². The highest BCUT2D eigenvalue weighted by atomic mass is 31.2. The maximum absolute atomic E-state index is 12.8. The molecule has 3 unspecified atom stereocenters. The van der Waals surface area contributed by atoms with Gasteiger partial charge in [-0.15, -0.1) is 0 Å². The molecule has 0 aliphatic rings. The number of likely N-dealkylation sites (N-methyl/N-ethyl adjacent to an activating group) is 1. The third kappa shape index (κ3) is 45.2. The van der Waals surface area contributed by atoms with Crippen molar-refractivity contribution in [3.63, 3.8) is 0 Å². The number of carbonyl (C=O) groups is 1. The number of nitrogens with one attached hydrogen (secondary N) is 1. The molecular weight excluding hydrogens is 792 g/mol. The first-order valence-electron chi connectivity index (χ1n) is 24.2. The standard InChI is InChI=1S/C53H91N2O6P/c1-6-8-10-12-13-14-15-16-17-18-19-20-21-22-23-24-25-26-27-28-29-30-31-32-33-34-35-36-37-38-39-40-41-43-45-47-53(57)54-51(52(56)46-44-42-11-9-7-2)50-61-62(58,59)60-49-48-55(3,4)5/h8,10,13-14,16-17,19-20,22-23,25-26,28-29,31-32,34-35,51-52,56H,6-7,9,11-12,15,18,21,24,27,30,33,36-50H2,1-5H3,(H-,54,57,58,59)/b10-8-,14-13-,17-16-,20-19-,23-22-,26-25-,29-28-,32-31-,35-34-. The largest absolute Gasteiger partial charge is 0.756 e. The number of allylic oxidation sites excluding steroid dienone is 18. The summed E-state index contributed by atoms with van der Waals surface area (Å²) in [7, 11) is 1.27. The van der Waals surface area contributed by atoms with E-state index in [2.05, 4.69) is 129 Å². The molecule has 0 fully saturated rings. The van der Waals surface area contributed by atoms with E-state index >= 15 is 0 Å². The van der Waals surface area contributed by atoms with Gasteiger partial charge in [-0.2, -0.15) is 0 Å². The summed E-state index contributed by atoms with van der Waals surface area (Å²) in [4.78, 5) is 25.1. The maximum Gasteiger partial charge on any atom is 0.268 e. The number of nitrogens with zero attached hydrogens (tertiary/aromatic N) is 1. The summed E-state index contributed by atoms with van der Waals surface area (Å²) in [6.45, 7) is 4.47. The van der Waals surface area contributed by atoms with Crippen LogP contribution in [0.4, 0.5) is 0 Å². The molecule has 9 heteroatoms. The van der Waals surface area contributed by atoms with Gasteiger partial charge in [0, 0.05) is 6.42 Å². The fraction of sp³-hybridized carbons (Fsp3) is 0.642. The molecule has 62 heavy (non-hydrogen) atoms. The molecular formula is C53H91N2O6P. The van der Waals surface area contributed by atoms with Gasteiger partial charge in [0.05, 0.1) is 39.9 Å². The monoisotopic (exact) mass is 883 g/mol. The highest BCUT2D eigenvalue weighted by Gasteiger charge is 2.24. The molecule has 0 aliphatic carbocycles. The summed E-state index contributed by atoms with van der Waals surface area (Å²) in [6.07, 6.45) is 63.0. The van der Waals surface area contributed by atoms with E-state index in [4.69, 9.17) is 9.05 Å². The molecule has 8 nitrogen and oxygen atoms in total. The van der Waals surface area contributed by atoms with Gasteiger partial charge < -0.3 is 28.8 Å². The fourth-order valence-corrected chi connectivity index (χ4v) is 6.93. The molecule has 3 atom stereocenters. The van der Waals surface area contributed by atoms with Crippen LogP contribution < -0.4 is 10.2 Å². The minimum absolute atomic E-state index is 0.00292. The summed E-state index contributed by atoms with van der Waals surface area (Å²) in [6, 6.07) is -0.810. The molecule has 0 aromatic carbocycles. The maximum atomic E-state index is 12.8. The Balaban J connectivity index is 4.01. The molecule has 0 spiro atoms. The van der Waals surface area contributed by atoms with E-state index in [0.29, 0.717) is 23.9 Å². The van der Waals surface area contributed by atoms with Gasteiger partial charge in [-0.05, 0) is 83.5 Å². The van der Waals surface area contributed by atoms with Crippen LogP contribution >= 0.6 is 7.82 Å². The Morgan fingerprint density at radius 3 is 1.44 bits per heavy atom. The van der Waals surface area contributed by atoms with Gasteiger partial charge in [0.2, 0.25) is 5.91 Å². The molecule has 0 aliphatic heterocycles. The van der Waals surface area contributed by atoms with Gasteiger partial charge in [-0.25, -0.2) is 0 Å². The van der Waals surface area contributed by atoms with E-state index < -0.39 is 20.0 Å². The molecule has 0 aromatic rings. The molecule has 0 saturated carbocycles. The predicted molar refractivity (Wildman–Crippen MR) is 265 cm³/mol. The highest BCUT2D eigenvalue weighted by molar-refractivity contribution is 7.45. The first kappa shape index (κ1) is 59.2. The van der Waals surface area contributed by atoms with Gasteiger partial charge in [0.15, 0.2) is 0 Å². The number of aliphatic hydroxyl groups excluding tert-OH is 1. The van der Waals surface area contributed by atoms with Crippen LogP contribution in [0.1, 0.15) is 168 Å². The second-order valence-corrected chi connectivity index (χ2v) is 18.5. The molecule has 0 rings (SSSR count). The zero-order valence-electron chi connectivity index (χ0n) is 40.0. The van der Waals surface area contributed by atoms with Gasteiger partial charge in [0.1, 0.15) is 13.2 Å². The number of unbranched alkanes of at least 4 members (excludes halogenated alkanes) is 11. The summed E-state index contributed by atoms with van der Waals surface area (Å²) in [5.41, 5.74) is 0. The van der Waals surface area contributed by atoms with Crippen LogP contribution in [0, 0.1) is 0 Å². The summed E-state index contributed by atoms with van der Waals surface area (Å²) in [5.74, 6) is -0.190. The summed E-state index contributed by atoms with van der Waals surface area (Å²) in [5, 5.41) is 13.7. The van der Waals surface area contributed by atoms with Crippen LogP contribution in [0.5, 0.6) is 0 Å². The van der Waals surface area contributed by atoms with E-state index in [1.165, 1.54) is 19.3 Å². The predicted octanol–water partition coefficient (Wildman–Crippen LogP) is 13.4. The van der Waals surface area contributed by atoms with Crippen LogP contribution in [0.25, 0.3) is 0 Å². The van der Waals surface area contributed by atoms with Gasteiger partial charge in [-0.3, -0.25) is 9.36 Å². The Morgan fingerprint density at radius 1 is 0.581 bits per heavy atom. The zero-order chi connectivity index (χ0) is 45.7. The Labute approximate surface area is 381 Å². The van der Waals surface area contributed by atoms with Crippen LogP contribution in [0.15, 0.2) is 109 Å². The number of phosphoric ester groups is 1. The number of carbonyl (C=O) groups excluding carboxylic acids is 1. The number of quaternary nitrogens is 1. The highest BCUT2D eigenvalue weighted by Crippen LogP contribution is 2.38. The van der Waals surface area contributed by atoms with Crippen molar-refractivity contribution >= 4 is 13.7 Å². The Bertz CT molecular complexity index is 1370. The van der Waals surface area contributed by atoms with Gasteiger partial charge >= 0.3 is 0 Å². The fourth-order valence-electron chi connectivity index (χ4n) is 6.21.